The zero-order chi connectivity index (χ0) is 57.5. The van der Waals surface area contributed by atoms with Crippen LogP contribution in [0.5, 0.6) is 0 Å². The first-order valence-electron chi connectivity index (χ1n) is 27.3. The number of hydrogen-bond acceptors (Lipinski definition) is 18. The number of pyridine rings is 1. The standard InChI is InChI=1S/C57H92N4O16/c1-17-44-57(10,69)49(64)37(6)60(15)31-33(2)29-55(8,68)50(77-54-47(63)43(58(11)12)27-34(3)73-54)35(4)48(36(5)53(67)75-44)76-45-30-56(9,70-16)51(38(7)74-45)72-26-20-25-71-24-19-18-21-39-22-23-42-40(28-39)46(62)41(52(65)66)32-61(42)59(13)14/h22-23,28,32-38,43-45,47-51,54,63-64,68-69H,17,19-20,24-27,29-31H2,1-16H3,(H,65,66)/t33-,34-,35+,36-,37-,38+,43+,44-,45+,47-,48+,49-,50-,51+,54+,55-,56-,57-/m1/s1. The number of carbonyl (C=O) groups is 2. The monoisotopic (exact) mass is 1090 g/mol. The van der Waals surface area contributed by atoms with E-state index >= 15 is 0 Å². The smallest absolute Gasteiger partial charge is 0.341 e. The molecule has 1 aromatic heterocycles. The highest BCUT2D eigenvalue weighted by Crippen LogP contribution is 2.41. The van der Waals surface area contributed by atoms with Crippen LogP contribution in [0.4, 0.5) is 0 Å². The molecule has 2 aromatic rings. The van der Waals surface area contributed by atoms with Crippen molar-refractivity contribution in [3.63, 3.8) is 0 Å². The van der Waals surface area contributed by atoms with Crippen LogP contribution in [0.3, 0.4) is 0 Å². The van der Waals surface area contributed by atoms with Crippen molar-refractivity contribution in [1.82, 2.24) is 14.5 Å². The number of rotatable bonds is 16. The predicted octanol–water partition coefficient (Wildman–Crippen LogP) is 3.98. The fourth-order valence-electron chi connectivity index (χ4n) is 11.7. The van der Waals surface area contributed by atoms with Crippen molar-refractivity contribution in [2.24, 2.45) is 17.8 Å². The largest absolute Gasteiger partial charge is 0.477 e. The van der Waals surface area contributed by atoms with E-state index < -0.39 is 107 Å². The minimum atomic E-state index is -1.84. The molecule has 3 aliphatic heterocycles. The van der Waals surface area contributed by atoms with E-state index in [0.29, 0.717) is 56.7 Å². The summed E-state index contributed by atoms with van der Waals surface area (Å²) in [6, 6.07) is 4.26. The summed E-state index contributed by atoms with van der Waals surface area (Å²) >= 11 is 0. The van der Waals surface area contributed by atoms with Crippen molar-refractivity contribution in [2.75, 3.05) is 73.7 Å². The molecule has 3 fully saturated rings. The lowest BCUT2D eigenvalue weighted by molar-refractivity contribution is -0.320. The van der Waals surface area contributed by atoms with Crippen LogP contribution >= 0.6 is 0 Å². The lowest BCUT2D eigenvalue weighted by Crippen LogP contribution is -2.61. The molecule has 18 atom stereocenters. The molecule has 0 spiro atoms. The zero-order valence-corrected chi connectivity index (χ0v) is 48.6. The van der Waals surface area contributed by atoms with Gasteiger partial charge in [-0.3, -0.25) is 14.3 Å². The maximum atomic E-state index is 14.6. The molecule has 1 aromatic carbocycles. The van der Waals surface area contributed by atoms with E-state index in [9.17, 15) is 39.9 Å². The Hall–Kier alpha value is -3.79. The van der Waals surface area contributed by atoms with E-state index in [0.717, 1.165) is 0 Å². The molecule has 77 heavy (non-hydrogen) atoms. The Morgan fingerprint density at radius 2 is 1.62 bits per heavy atom. The molecule has 436 valence electrons. The van der Waals surface area contributed by atoms with Gasteiger partial charge in [0.1, 0.15) is 35.6 Å². The molecular weight excluding hydrogens is 997 g/mol. The molecule has 0 radical (unpaired) electrons. The number of aromatic carboxylic acids is 1. The number of methoxy groups -OCH3 is 1. The van der Waals surface area contributed by atoms with Crippen LogP contribution < -0.4 is 10.4 Å². The lowest BCUT2D eigenvalue weighted by Gasteiger charge is -2.49. The van der Waals surface area contributed by atoms with Crippen LogP contribution in [0.1, 0.15) is 124 Å². The molecule has 3 saturated heterocycles. The second-order valence-electron chi connectivity index (χ2n) is 23.1. The first kappa shape index (κ1) is 64.0. The van der Waals surface area contributed by atoms with Gasteiger partial charge in [0.2, 0.25) is 5.43 Å². The molecule has 4 heterocycles. The number of nitrogens with zero attached hydrogens (tertiary/aromatic N) is 4. The van der Waals surface area contributed by atoms with Gasteiger partial charge in [0.05, 0.1) is 53.7 Å². The maximum Gasteiger partial charge on any atom is 0.341 e. The Kier molecular flexibility index (Phi) is 22.5. The highest BCUT2D eigenvalue weighted by molar-refractivity contribution is 5.93. The van der Waals surface area contributed by atoms with E-state index in [2.05, 4.69) is 11.8 Å². The van der Waals surface area contributed by atoms with Crippen molar-refractivity contribution in [2.45, 2.75) is 198 Å². The molecule has 0 unspecified atom stereocenters. The second kappa shape index (κ2) is 27.1. The first-order chi connectivity index (χ1) is 36.0. The van der Waals surface area contributed by atoms with Crippen LogP contribution in [0.2, 0.25) is 0 Å². The molecule has 0 bridgehead atoms. The minimum Gasteiger partial charge on any atom is -0.477 e. The molecule has 5 N–H and O–H groups in total. The van der Waals surface area contributed by atoms with Crippen molar-refractivity contribution in [3.05, 3.63) is 45.7 Å². The summed E-state index contributed by atoms with van der Waals surface area (Å²) in [7, 11) is 10.7. The Morgan fingerprint density at radius 1 is 0.935 bits per heavy atom. The van der Waals surface area contributed by atoms with Crippen LogP contribution in [0.25, 0.3) is 10.9 Å². The van der Waals surface area contributed by atoms with Gasteiger partial charge in [-0.1, -0.05) is 32.6 Å². The van der Waals surface area contributed by atoms with E-state index in [1.165, 1.54) is 13.1 Å². The maximum absolute atomic E-state index is 14.6. The summed E-state index contributed by atoms with van der Waals surface area (Å²) in [6.45, 7) is 19.4. The number of aliphatic hydroxyl groups excluding tert-OH is 2. The van der Waals surface area contributed by atoms with Crippen LogP contribution in [0.15, 0.2) is 29.2 Å². The van der Waals surface area contributed by atoms with Crippen LogP contribution in [0, 0.1) is 29.6 Å². The van der Waals surface area contributed by atoms with Gasteiger partial charge in [-0.15, -0.1) is 0 Å². The van der Waals surface area contributed by atoms with Gasteiger partial charge in [-0.2, -0.15) is 0 Å². The van der Waals surface area contributed by atoms with Crippen molar-refractivity contribution in [3.8, 4) is 11.8 Å². The highest BCUT2D eigenvalue weighted by atomic mass is 16.7. The number of aliphatic hydroxyl groups is 4. The third-order valence-electron chi connectivity index (χ3n) is 16.1. The van der Waals surface area contributed by atoms with Crippen LogP contribution in [-0.2, 0) is 42.7 Å². The number of carboxylic acid groups (broad SMARTS) is 1. The summed E-state index contributed by atoms with van der Waals surface area (Å²) < 4.78 is 53.0. The number of fused-ring (bicyclic) bond motifs is 1. The molecule has 20 nitrogen and oxygen atoms in total. The van der Waals surface area contributed by atoms with Crippen LogP contribution in [-0.4, -0.2) is 211 Å². The minimum absolute atomic E-state index is 0.177. The summed E-state index contributed by atoms with van der Waals surface area (Å²) in [4.78, 5) is 43.2. The average molecular weight is 1090 g/mol. The molecule has 5 rings (SSSR count). The summed E-state index contributed by atoms with van der Waals surface area (Å²) in [6.07, 6.45) is -5.74. The number of benzene rings is 1. The average Bonchev–Trinajstić information content (AvgIpc) is 3.36. The number of cyclic esters (lactones) is 1. The SMILES string of the molecule is CC[C@H]1OC(=O)[C@H](C)[C@@H](O[C@H]2C[C@@](C)(OC)[C@@H](OCCCOCCC#Cc3ccc4c(c3)c(=O)c(C(=O)O)cn4N(C)C)[C@H](C)O2)[C@H](C)[C@@H](O[C@@H]2O[C@H](C)C[C@H](N(C)C)[C@H]2O)[C@](C)(O)C[C@@H](C)CN(C)[C@H](C)[C@@H](O)[C@]1(C)O. The molecular formula is C57H92N4O16. The number of carboxylic acids is 1. The fraction of sp³-hybridized carbons (Fsp3) is 0.772. The topological polar surface area (TPSA) is 241 Å². The van der Waals surface area contributed by atoms with E-state index in [-0.39, 0.29) is 48.3 Å². The lowest BCUT2D eigenvalue weighted by atomic mass is 9.77. The number of ether oxygens (including phenoxy) is 8. The van der Waals surface area contributed by atoms with Crippen molar-refractivity contribution in [1.29, 1.82) is 0 Å². The molecule has 3 aliphatic rings. The highest BCUT2D eigenvalue weighted by Gasteiger charge is 2.53. The Balaban J connectivity index is 1.32. The number of aromatic nitrogens is 1. The number of likely N-dealkylation sites (N-methyl/N-ethyl adjacent to an activating group) is 2. The van der Waals surface area contributed by atoms with E-state index in [4.69, 9.17) is 37.9 Å². The summed E-state index contributed by atoms with van der Waals surface area (Å²) in [5, 5.41) is 59.7. The third-order valence-corrected chi connectivity index (χ3v) is 16.1. The van der Waals surface area contributed by atoms with Gasteiger partial charge >= 0.3 is 11.9 Å². The molecule has 0 amide bonds. The quantitative estimate of drug-likeness (QED) is 0.0907. The van der Waals surface area contributed by atoms with Gasteiger partial charge in [-0.05, 0) is 119 Å². The molecule has 20 heteroatoms. The fourth-order valence-corrected chi connectivity index (χ4v) is 11.7. The Labute approximate surface area is 456 Å². The first-order valence-corrected chi connectivity index (χ1v) is 27.3. The molecule has 0 saturated carbocycles. The third kappa shape index (κ3) is 15.4. The zero-order valence-electron chi connectivity index (χ0n) is 48.6. The molecule has 0 aliphatic carbocycles. The number of carbonyl (C=O) groups excluding carboxylic acids is 1. The van der Waals surface area contributed by atoms with Gasteiger partial charge in [-0.25, -0.2) is 4.79 Å². The Morgan fingerprint density at radius 3 is 2.25 bits per heavy atom. The normalized spacial score (nSPS) is 37.1. The Bertz CT molecular complexity index is 2390. The predicted molar refractivity (Wildman–Crippen MR) is 290 cm³/mol. The van der Waals surface area contributed by atoms with Crippen molar-refractivity contribution >= 4 is 22.8 Å². The number of esters is 1. The summed E-state index contributed by atoms with van der Waals surface area (Å²) in [5.74, 6) is 2.10. The van der Waals surface area contributed by atoms with E-state index in [1.54, 1.807) is 76.8 Å². The van der Waals surface area contributed by atoms with Crippen molar-refractivity contribution < 1.29 is 73.0 Å². The van der Waals surface area contributed by atoms with Gasteiger partial charge < -0.3 is 78.2 Å². The summed E-state index contributed by atoms with van der Waals surface area (Å²) in [5.41, 5.74) is -4.15. The second-order valence-corrected chi connectivity index (χ2v) is 23.1. The van der Waals surface area contributed by atoms with E-state index in [1.807, 2.05) is 65.6 Å². The van der Waals surface area contributed by atoms with Gasteiger partial charge in [0, 0.05) is 89.0 Å². The van der Waals surface area contributed by atoms with Gasteiger partial charge in [0.25, 0.3) is 0 Å². The number of hydrogen-bond donors (Lipinski definition) is 5. The van der Waals surface area contributed by atoms with Gasteiger partial charge in [0.15, 0.2) is 12.6 Å².